The fourth-order valence-electron chi connectivity index (χ4n) is 1.74. The van der Waals surface area contributed by atoms with Crippen molar-refractivity contribution in [1.29, 1.82) is 0 Å². The van der Waals surface area contributed by atoms with Gasteiger partial charge < -0.3 is 4.74 Å². The Labute approximate surface area is 104 Å². The summed E-state index contributed by atoms with van der Waals surface area (Å²) in [6.07, 6.45) is 7.81. The van der Waals surface area contributed by atoms with E-state index in [1.54, 1.807) is 0 Å². The van der Waals surface area contributed by atoms with E-state index >= 15 is 0 Å². The molecule has 0 bridgehead atoms. The van der Waals surface area contributed by atoms with Crippen molar-refractivity contribution in [2.75, 3.05) is 12.5 Å². The third-order valence-corrected chi connectivity index (χ3v) is 3.13. The summed E-state index contributed by atoms with van der Waals surface area (Å²) < 4.78 is 5.57. The molecular formula is C14H21ClO. The summed E-state index contributed by atoms with van der Waals surface area (Å²) in [5.41, 5.74) is 3.84. The minimum Gasteiger partial charge on any atom is -0.369 e. The lowest BCUT2D eigenvalue weighted by atomic mass is 10.1. The molecule has 0 N–H and O–H groups in total. The van der Waals surface area contributed by atoms with Crippen molar-refractivity contribution in [3.63, 3.8) is 0 Å². The zero-order chi connectivity index (χ0) is 12.0. The molecule has 1 saturated heterocycles. The zero-order valence-electron chi connectivity index (χ0n) is 10.3. The third kappa shape index (κ3) is 5.00. The summed E-state index contributed by atoms with van der Waals surface area (Å²) in [6.45, 7) is 8.88. The Hall–Kier alpha value is -0.530. The summed E-state index contributed by atoms with van der Waals surface area (Å²) in [6, 6.07) is 0. The lowest BCUT2D eigenvalue weighted by Gasteiger charge is -2.05. The predicted octanol–water partition coefficient (Wildman–Crippen LogP) is 4.24. The molecule has 90 valence electrons. The molecule has 1 aliphatic rings. The van der Waals surface area contributed by atoms with Gasteiger partial charge in [0.15, 0.2) is 0 Å². The standard InChI is InChI=1S/C14H21ClO/c1-11(5-4-6-12(2)9-15)7-14-8-13(3)10-16-14/h6-7,14H,3-5,8-10H2,1-2H3/b11-7-,12-6+/t14-/m1/s1. The fraction of sp³-hybridized carbons (Fsp3) is 0.571. The first-order valence-electron chi connectivity index (χ1n) is 5.79. The number of hydrogen-bond donors (Lipinski definition) is 0. The van der Waals surface area contributed by atoms with Crippen LogP contribution in [0.1, 0.15) is 33.1 Å². The van der Waals surface area contributed by atoms with Crippen LogP contribution in [0.15, 0.2) is 35.5 Å². The smallest absolute Gasteiger partial charge is 0.0800 e. The van der Waals surface area contributed by atoms with Gasteiger partial charge in [-0.1, -0.05) is 29.9 Å². The van der Waals surface area contributed by atoms with E-state index in [4.69, 9.17) is 16.3 Å². The molecule has 1 fully saturated rings. The lowest BCUT2D eigenvalue weighted by molar-refractivity contribution is 0.149. The second-order valence-corrected chi connectivity index (χ2v) is 4.81. The van der Waals surface area contributed by atoms with Gasteiger partial charge in [-0.15, -0.1) is 11.6 Å². The Bertz CT molecular complexity index is 302. The van der Waals surface area contributed by atoms with Crippen molar-refractivity contribution >= 4 is 11.6 Å². The number of hydrogen-bond acceptors (Lipinski definition) is 1. The van der Waals surface area contributed by atoms with Crippen molar-refractivity contribution in [3.05, 3.63) is 35.5 Å². The second kappa shape index (κ2) is 6.93. The van der Waals surface area contributed by atoms with Gasteiger partial charge in [0.05, 0.1) is 12.7 Å². The Morgan fingerprint density at radius 1 is 1.50 bits per heavy atom. The number of alkyl halides is 1. The average molecular weight is 241 g/mol. The molecular weight excluding hydrogens is 220 g/mol. The van der Waals surface area contributed by atoms with Gasteiger partial charge in [-0.2, -0.15) is 0 Å². The molecule has 1 aliphatic heterocycles. The molecule has 1 heterocycles. The Morgan fingerprint density at radius 2 is 2.25 bits per heavy atom. The molecule has 0 spiro atoms. The topological polar surface area (TPSA) is 9.23 Å². The van der Waals surface area contributed by atoms with E-state index in [9.17, 15) is 0 Å². The predicted molar refractivity (Wildman–Crippen MR) is 71.0 cm³/mol. The zero-order valence-corrected chi connectivity index (χ0v) is 11.0. The van der Waals surface area contributed by atoms with Crippen LogP contribution in [-0.2, 0) is 4.74 Å². The molecule has 1 rings (SSSR count). The number of allylic oxidation sites excluding steroid dienone is 3. The van der Waals surface area contributed by atoms with Crippen molar-refractivity contribution in [3.8, 4) is 0 Å². The largest absolute Gasteiger partial charge is 0.369 e. The minimum absolute atomic E-state index is 0.255. The van der Waals surface area contributed by atoms with Gasteiger partial charge in [0.2, 0.25) is 0 Å². The maximum Gasteiger partial charge on any atom is 0.0800 e. The van der Waals surface area contributed by atoms with Gasteiger partial charge in [0.1, 0.15) is 0 Å². The molecule has 0 radical (unpaired) electrons. The van der Waals surface area contributed by atoms with E-state index < -0.39 is 0 Å². The van der Waals surface area contributed by atoms with Gasteiger partial charge in [0.25, 0.3) is 0 Å². The van der Waals surface area contributed by atoms with Crippen LogP contribution in [0.25, 0.3) is 0 Å². The number of halogens is 1. The van der Waals surface area contributed by atoms with Gasteiger partial charge in [-0.3, -0.25) is 0 Å². The van der Waals surface area contributed by atoms with E-state index in [1.165, 1.54) is 16.7 Å². The van der Waals surface area contributed by atoms with Crippen LogP contribution in [0.2, 0.25) is 0 Å². The summed E-state index contributed by atoms with van der Waals surface area (Å²) in [5.74, 6) is 0.633. The Kier molecular flexibility index (Phi) is 5.86. The van der Waals surface area contributed by atoms with E-state index in [0.717, 1.165) is 25.9 Å². The molecule has 0 unspecified atom stereocenters. The van der Waals surface area contributed by atoms with E-state index in [-0.39, 0.29) is 6.10 Å². The molecule has 0 aromatic rings. The molecule has 2 heteroatoms. The molecule has 1 nitrogen and oxygen atoms in total. The molecule has 0 amide bonds. The van der Waals surface area contributed by atoms with E-state index in [1.807, 2.05) is 0 Å². The van der Waals surface area contributed by atoms with Crippen LogP contribution in [-0.4, -0.2) is 18.6 Å². The van der Waals surface area contributed by atoms with Crippen LogP contribution in [0.5, 0.6) is 0 Å². The van der Waals surface area contributed by atoms with Crippen molar-refractivity contribution < 1.29 is 4.74 Å². The normalized spacial score (nSPS) is 22.9. The molecule has 0 aliphatic carbocycles. The third-order valence-electron chi connectivity index (χ3n) is 2.70. The van der Waals surface area contributed by atoms with Crippen molar-refractivity contribution in [1.82, 2.24) is 0 Å². The van der Waals surface area contributed by atoms with E-state index in [0.29, 0.717) is 5.88 Å². The summed E-state index contributed by atoms with van der Waals surface area (Å²) in [5, 5.41) is 0. The van der Waals surface area contributed by atoms with Crippen molar-refractivity contribution in [2.45, 2.75) is 39.2 Å². The molecule has 0 aromatic carbocycles. The lowest BCUT2D eigenvalue weighted by Crippen LogP contribution is -2.00. The van der Waals surface area contributed by atoms with Gasteiger partial charge >= 0.3 is 0 Å². The monoisotopic (exact) mass is 240 g/mol. The van der Waals surface area contributed by atoms with Crippen LogP contribution in [0.3, 0.4) is 0 Å². The molecule has 0 aromatic heterocycles. The van der Waals surface area contributed by atoms with E-state index in [2.05, 4.69) is 32.6 Å². The number of ether oxygens (including phenoxy) is 1. The maximum atomic E-state index is 5.71. The van der Waals surface area contributed by atoms with Gasteiger partial charge in [-0.05, 0) is 32.3 Å². The Balaban J connectivity index is 2.31. The minimum atomic E-state index is 0.255. The highest BCUT2D eigenvalue weighted by atomic mass is 35.5. The van der Waals surface area contributed by atoms with Crippen LogP contribution in [0.4, 0.5) is 0 Å². The van der Waals surface area contributed by atoms with Crippen LogP contribution in [0, 0.1) is 0 Å². The van der Waals surface area contributed by atoms with Gasteiger partial charge in [-0.25, -0.2) is 0 Å². The van der Waals surface area contributed by atoms with Gasteiger partial charge in [0, 0.05) is 12.3 Å². The quantitative estimate of drug-likeness (QED) is 0.516. The maximum absolute atomic E-state index is 5.71. The fourth-order valence-corrected chi connectivity index (χ4v) is 1.84. The highest BCUT2D eigenvalue weighted by molar-refractivity contribution is 6.19. The second-order valence-electron chi connectivity index (χ2n) is 4.54. The first-order chi connectivity index (χ1) is 7.61. The molecule has 16 heavy (non-hydrogen) atoms. The van der Waals surface area contributed by atoms with Crippen LogP contribution < -0.4 is 0 Å². The highest BCUT2D eigenvalue weighted by Gasteiger charge is 2.15. The summed E-state index contributed by atoms with van der Waals surface area (Å²) in [4.78, 5) is 0. The first kappa shape index (κ1) is 13.5. The highest BCUT2D eigenvalue weighted by Crippen LogP contribution is 2.20. The first-order valence-corrected chi connectivity index (χ1v) is 6.32. The average Bonchev–Trinajstić information content (AvgIpc) is 2.63. The Morgan fingerprint density at radius 3 is 2.81 bits per heavy atom. The summed E-state index contributed by atoms with van der Waals surface area (Å²) in [7, 11) is 0. The molecule has 0 saturated carbocycles. The van der Waals surface area contributed by atoms with Crippen LogP contribution >= 0.6 is 11.6 Å². The van der Waals surface area contributed by atoms with Crippen molar-refractivity contribution in [2.24, 2.45) is 0 Å². The SMILES string of the molecule is C=C1CO[C@H](/C=C(/C)CC/C=C(\C)CCl)C1. The molecule has 1 atom stereocenters. The summed E-state index contributed by atoms with van der Waals surface area (Å²) >= 11 is 5.71. The number of rotatable bonds is 5.